The van der Waals surface area contributed by atoms with Crippen molar-refractivity contribution >= 4 is 23.0 Å². The van der Waals surface area contributed by atoms with Gasteiger partial charge in [-0.15, -0.1) is 0 Å². The van der Waals surface area contributed by atoms with Gasteiger partial charge >= 0.3 is 5.69 Å². The van der Waals surface area contributed by atoms with Crippen molar-refractivity contribution in [3.05, 3.63) is 46.3 Å². The first-order valence-corrected chi connectivity index (χ1v) is 8.43. The summed E-state index contributed by atoms with van der Waals surface area (Å²) in [7, 11) is 0. The lowest BCUT2D eigenvalue weighted by Crippen LogP contribution is -2.37. The molecule has 0 spiro atoms. The molecule has 0 radical (unpaired) electrons. The minimum Gasteiger partial charge on any atom is -0.378 e. The van der Waals surface area contributed by atoms with E-state index in [9.17, 15) is 10.1 Å². The molecule has 0 N–H and O–H groups in total. The zero-order valence-corrected chi connectivity index (χ0v) is 13.8. The van der Waals surface area contributed by atoms with Crippen LogP contribution in [0.25, 0.3) is 0 Å². The summed E-state index contributed by atoms with van der Waals surface area (Å²) in [6.45, 7) is 2.98. The van der Waals surface area contributed by atoms with Gasteiger partial charge in [0.1, 0.15) is 6.33 Å². The summed E-state index contributed by atoms with van der Waals surface area (Å²) in [5.74, 6) is 0.745. The average Bonchev–Trinajstić information content (AvgIpc) is 2.67. The number of rotatable bonds is 3. The maximum Gasteiger partial charge on any atom is 0.354 e. The fraction of sp³-hybridized carbons (Fsp3) is 0.412. The van der Waals surface area contributed by atoms with Crippen molar-refractivity contribution in [1.29, 1.82) is 0 Å². The largest absolute Gasteiger partial charge is 0.378 e. The van der Waals surface area contributed by atoms with E-state index in [4.69, 9.17) is 4.74 Å². The number of fused-ring (bicyclic) bond motifs is 1. The molecule has 1 fully saturated rings. The fourth-order valence-electron chi connectivity index (χ4n) is 3.48. The van der Waals surface area contributed by atoms with Crippen LogP contribution < -0.4 is 9.80 Å². The van der Waals surface area contributed by atoms with E-state index in [1.165, 1.54) is 11.9 Å². The Labute approximate surface area is 145 Å². The summed E-state index contributed by atoms with van der Waals surface area (Å²) in [5, 5.41) is 11.9. The van der Waals surface area contributed by atoms with Gasteiger partial charge in [0.05, 0.1) is 18.1 Å². The van der Waals surface area contributed by atoms with Gasteiger partial charge < -0.3 is 14.5 Å². The SMILES string of the molecule is O=[N+]([O-])c1c(N2CCOCC2)ncnc1N1CCCc2ccccc21. The molecule has 1 saturated heterocycles. The minimum atomic E-state index is -0.364. The highest BCUT2D eigenvalue weighted by Crippen LogP contribution is 2.40. The van der Waals surface area contributed by atoms with Crippen LogP contribution >= 0.6 is 0 Å². The molecule has 1 aromatic carbocycles. The van der Waals surface area contributed by atoms with E-state index >= 15 is 0 Å². The van der Waals surface area contributed by atoms with Crippen LogP contribution in [0.1, 0.15) is 12.0 Å². The van der Waals surface area contributed by atoms with E-state index in [2.05, 4.69) is 16.0 Å². The molecule has 25 heavy (non-hydrogen) atoms. The zero-order valence-electron chi connectivity index (χ0n) is 13.8. The van der Waals surface area contributed by atoms with Gasteiger partial charge in [0.2, 0.25) is 11.6 Å². The lowest BCUT2D eigenvalue weighted by Gasteiger charge is -2.31. The van der Waals surface area contributed by atoms with Crippen LogP contribution in [0.4, 0.5) is 23.0 Å². The highest BCUT2D eigenvalue weighted by atomic mass is 16.6. The molecule has 2 aromatic rings. The molecule has 2 aliphatic rings. The topological polar surface area (TPSA) is 84.6 Å². The molecule has 0 saturated carbocycles. The molecule has 3 heterocycles. The summed E-state index contributed by atoms with van der Waals surface area (Å²) >= 11 is 0. The highest BCUT2D eigenvalue weighted by Gasteiger charge is 2.32. The number of aromatic nitrogens is 2. The van der Waals surface area contributed by atoms with Crippen molar-refractivity contribution in [2.75, 3.05) is 42.6 Å². The molecule has 0 unspecified atom stereocenters. The number of hydrogen-bond acceptors (Lipinski definition) is 7. The number of anilines is 3. The Morgan fingerprint density at radius 2 is 1.84 bits per heavy atom. The standard InChI is InChI=1S/C17H19N5O3/c23-22(24)15-16(20-8-10-25-11-9-20)18-12-19-17(15)21-7-3-5-13-4-1-2-6-14(13)21/h1-2,4,6,12H,3,5,7-11H2. The van der Waals surface area contributed by atoms with Gasteiger partial charge in [-0.25, -0.2) is 9.97 Å². The van der Waals surface area contributed by atoms with E-state index in [1.807, 2.05) is 28.0 Å². The lowest BCUT2D eigenvalue weighted by atomic mass is 10.0. The maximum absolute atomic E-state index is 11.9. The van der Waals surface area contributed by atoms with Gasteiger partial charge in [-0.3, -0.25) is 10.1 Å². The van der Waals surface area contributed by atoms with E-state index in [1.54, 1.807) is 0 Å². The molecule has 4 rings (SSSR count). The second kappa shape index (κ2) is 6.64. The normalized spacial score (nSPS) is 17.3. The number of ether oxygens (including phenoxy) is 1. The molecule has 1 aromatic heterocycles. The molecule has 0 atom stereocenters. The van der Waals surface area contributed by atoms with Crippen molar-refractivity contribution < 1.29 is 9.66 Å². The predicted molar refractivity (Wildman–Crippen MR) is 93.5 cm³/mol. The number of para-hydroxylation sites is 1. The highest BCUT2D eigenvalue weighted by molar-refractivity contribution is 5.77. The van der Waals surface area contributed by atoms with Crippen LogP contribution in [0.3, 0.4) is 0 Å². The Hall–Kier alpha value is -2.74. The predicted octanol–water partition coefficient (Wildman–Crippen LogP) is 2.31. The lowest BCUT2D eigenvalue weighted by molar-refractivity contribution is -0.383. The third kappa shape index (κ3) is 2.89. The Morgan fingerprint density at radius 1 is 1.08 bits per heavy atom. The second-order valence-electron chi connectivity index (χ2n) is 6.11. The van der Waals surface area contributed by atoms with Crippen molar-refractivity contribution in [1.82, 2.24) is 9.97 Å². The molecule has 8 nitrogen and oxygen atoms in total. The zero-order chi connectivity index (χ0) is 17.2. The monoisotopic (exact) mass is 341 g/mol. The number of aryl methyl sites for hydroxylation is 1. The average molecular weight is 341 g/mol. The molecule has 2 aliphatic heterocycles. The van der Waals surface area contributed by atoms with Crippen LogP contribution in [0, 0.1) is 10.1 Å². The Balaban J connectivity index is 1.81. The van der Waals surface area contributed by atoms with E-state index in [0.29, 0.717) is 44.5 Å². The smallest absolute Gasteiger partial charge is 0.354 e. The quantitative estimate of drug-likeness (QED) is 0.625. The molecule has 0 amide bonds. The van der Waals surface area contributed by atoms with E-state index in [0.717, 1.165) is 18.5 Å². The van der Waals surface area contributed by atoms with Crippen LogP contribution in [0.15, 0.2) is 30.6 Å². The summed E-state index contributed by atoms with van der Waals surface area (Å²) < 4.78 is 5.35. The number of hydrogen-bond donors (Lipinski definition) is 0. The number of morpholine rings is 1. The number of benzene rings is 1. The van der Waals surface area contributed by atoms with Gasteiger partial charge in [-0.1, -0.05) is 18.2 Å². The van der Waals surface area contributed by atoms with Crippen LogP contribution in [0.5, 0.6) is 0 Å². The molecular weight excluding hydrogens is 322 g/mol. The molecule has 0 aliphatic carbocycles. The van der Waals surface area contributed by atoms with Crippen LogP contribution in [0.2, 0.25) is 0 Å². The van der Waals surface area contributed by atoms with Crippen molar-refractivity contribution in [2.45, 2.75) is 12.8 Å². The van der Waals surface area contributed by atoms with Crippen molar-refractivity contribution in [2.24, 2.45) is 0 Å². The Bertz CT molecular complexity index is 792. The fourth-order valence-corrected chi connectivity index (χ4v) is 3.48. The third-order valence-corrected chi connectivity index (χ3v) is 4.64. The summed E-state index contributed by atoms with van der Waals surface area (Å²) in [4.78, 5) is 23.9. The minimum absolute atomic E-state index is 0.0268. The number of nitro groups is 1. The molecular formula is C17H19N5O3. The van der Waals surface area contributed by atoms with Crippen LogP contribution in [-0.2, 0) is 11.2 Å². The summed E-state index contributed by atoms with van der Waals surface area (Å²) in [6, 6.07) is 8.01. The first-order chi connectivity index (χ1) is 12.3. The second-order valence-corrected chi connectivity index (χ2v) is 6.11. The van der Waals surface area contributed by atoms with Crippen molar-refractivity contribution in [3.63, 3.8) is 0 Å². The summed E-state index contributed by atoms with van der Waals surface area (Å²) in [5.41, 5.74) is 2.15. The van der Waals surface area contributed by atoms with Gasteiger partial charge in [-0.05, 0) is 24.5 Å². The molecule has 130 valence electrons. The van der Waals surface area contributed by atoms with E-state index < -0.39 is 0 Å². The Morgan fingerprint density at radius 3 is 2.64 bits per heavy atom. The molecule has 0 bridgehead atoms. The first kappa shape index (κ1) is 15.8. The number of nitrogens with zero attached hydrogens (tertiary/aromatic N) is 5. The maximum atomic E-state index is 11.9. The van der Waals surface area contributed by atoms with Gasteiger partial charge in [-0.2, -0.15) is 0 Å². The van der Waals surface area contributed by atoms with E-state index in [-0.39, 0.29) is 10.6 Å². The Kier molecular flexibility index (Phi) is 4.19. The molecule has 8 heteroatoms. The van der Waals surface area contributed by atoms with Crippen molar-refractivity contribution in [3.8, 4) is 0 Å². The van der Waals surface area contributed by atoms with Gasteiger partial charge in [0, 0.05) is 25.3 Å². The first-order valence-electron chi connectivity index (χ1n) is 8.43. The van der Waals surface area contributed by atoms with Gasteiger partial charge in [0.15, 0.2) is 0 Å². The third-order valence-electron chi connectivity index (χ3n) is 4.64. The van der Waals surface area contributed by atoms with Crippen LogP contribution in [-0.4, -0.2) is 47.7 Å². The van der Waals surface area contributed by atoms with Gasteiger partial charge in [0.25, 0.3) is 0 Å². The summed E-state index contributed by atoms with van der Waals surface area (Å²) in [6.07, 6.45) is 3.33.